The molecule has 4 rings (SSSR count). The smallest absolute Gasteiger partial charge is 0.338 e. The Morgan fingerprint density at radius 2 is 1.97 bits per heavy atom. The predicted octanol–water partition coefficient (Wildman–Crippen LogP) is 3.75. The van der Waals surface area contributed by atoms with Gasteiger partial charge < -0.3 is 4.74 Å². The number of carbonyl (C=O) groups is 1. The van der Waals surface area contributed by atoms with Crippen LogP contribution in [0.3, 0.4) is 0 Å². The van der Waals surface area contributed by atoms with E-state index in [1.54, 1.807) is 63.2 Å². The molecule has 0 saturated carbocycles. The van der Waals surface area contributed by atoms with E-state index in [0.29, 0.717) is 31.2 Å². The summed E-state index contributed by atoms with van der Waals surface area (Å²) in [4.78, 5) is 42.1. The predicted molar refractivity (Wildman–Crippen MR) is 130 cm³/mol. The quantitative estimate of drug-likeness (QED) is 0.303. The maximum Gasteiger partial charge on any atom is 0.338 e. The Bertz CT molecular complexity index is 1500. The van der Waals surface area contributed by atoms with Gasteiger partial charge in [-0.15, -0.1) is 0 Å². The third kappa shape index (κ3) is 4.57. The van der Waals surface area contributed by atoms with E-state index in [-0.39, 0.29) is 22.9 Å². The number of thiazole rings is 1. The molecular formula is C24H20ClN3O5S. The van der Waals surface area contributed by atoms with Crippen LogP contribution in [0.5, 0.6) is 0 Å². The third-order valence-electron chi connectivity index (χ3n) is 5.15. The second-order valence-electron chi connectivity index (χ2n) is 7.94. The SMILES string of the molecule is CC1=C(C(=O)OC(C)C)C(c2ccc(Cl)cc2)n2c(sc(=Cc3cccc([N+](=O)[O-])c3)c2=O)=N1. The molecule has 2 heterocycles. The van der Waals surface area contributed by atoms with Crippen LogP contribution in [0.2, 0.25) is 5.02 Å². The van der Waals surface area contributed by atoms with E-state index in [4.69, 9.17) is 16.3 Å². The summed E-state index contributed by atoms with van der Waals surface area (Å²) in [6, 6.07) is 12.2. The molecule has 8 nitrogen and oxygen atoms in total. The van der Waals surface area contributed by atoms with Crippen molar-refractivity contribution in [2.45, 2.75) is 32.9 Å². The Hall–Kier alpha value is -3.56. The van der Waals surface area contributed by atoms with Gasteiger partial charge in [-0.25, -0.2) is 9.79 Å². The number of halogens is 1. The highest BCUT2D eigenvalue weighted by Crippen LogP contribution is 2.31. The van der Waals surface area contributed by atoms with Crippen molar-refractivity contribution in [3.8, 4) is 0 Å². The minimum atomic E-state index is -0.757. The van der Waals surface area contributed by atoms with Crippen molar-refractivity contribution >= 4 is 40.7 Å². The second-order valence-corrected chi connectivity index (χ2v) is 9.39. The zero-order chi connectivity index (χ0) is 24.6. The van der Waals surface area contributed by atoms with E-state index in [2.05, 4.69) is 4.99 Å². The van der Waals surface area contributed by atoms with Gasteiger partial charge in [0.15, 0.2) is 4.80 Å². The van der Waals surface area contributed by atoms with Crippen LogP contribution in [0.15, 0.2) is 69.6 Å². The summed E-state index contributed by atoms with van der Waals surface area (Å²) in [5.74, 6) is -0.552. The number of benzene rings is 2. The summed E-state index contributed by atoms with van der Waals surface area (Å²) in [7, 11) is 0. The van der Waals surface area contributed by atoms with Crippen molar-refractivity contribution in [3.05, 3.63) is 106 Å². The highest BCUT2D eigenvalue weighted by molar-refractivity contribution is 7.07. The normalized spacial score (nSPS) is 15.8. The van der Waals surface area contributed by atoms with Gasteiger partial charge in [0.25, 0.3) is 11.2 Å². The van der Waals surface area contributed by atoms with E-state index >= 15 is 0 Å². The van der Waals surface area contributed by atoms with Gasteiger partial charge in [-0.05, 0) is 50.1 Å². The van der Waals surface area contributed by atoms with Gasteiger partial charge in [0.2, 0.25) is 0 Å². The fourth-order valence-electron chi connectivity index (χ4n) is 3.70. The van der Waals surface area contributed by atoms with Crippen molar-refractivity contribution in [2.24, 2.45) is 4.99 Å². The van der Waals surface area contributed by atoms with Crippen LogP contribution in [0.1, 0.15) is 37.9 Å². The molecule has 1 unspecified atom stereocenters. The Kier molecular flexibility index (Phi) is 6.49. The van der Waals surface area contributed by atoms with E-state index < -0.39 is 16.9 Å². The molecule has 174 valence electrons. The van der Waals surface area contributed by atoms with Crippen LogP contribution in [-0.2, 0) is 9.53 Å². The summed E-state index contributed by atoms with van der Waals surface area (Å²) in [5, 5.41) is 11.6. The maximum atomic E-state index is 13.5. The van der Waals surface area contributed by atoms with Crippen LogP contribution in [0.4, 0.5) is 5.69 Å². The summed E-state index contributed by atoms with van der Waals surface area (Å²) >= 11 is 7.22. The molecule has 0 amide bonds. The van der Waals surface area contributed by atoms with Gasteiger partial charge in [0.1, 0.15) is 0 Å². The number of carbonyl (C=O) groups excluding carboxylic acids is 1. The lowest BCUT2D eigenvalue weighted by Gasteiger charge is -2.25. The molecule has 1 aliphatic rings. The van der Waals surface area contributed by atoms with Crippen molar-refractivity contribution in [1.29, 1.82) is 0 Å². The minimum Gasteiger partial charge on any atom is -0.459 e. The fraction of sp³-hybridized carbons (Fsp3) is 0.208. The van der Waals surface area contributed by atoms with Crippen LogP contribution in [0, 0.1) is 10.1 Å². The summed E-state index contributed by atoms with van der Waals surface area (Å²) in [6.07, 6.45) is 1.23. The number of fused-ring (bicyclic) bond motifs is 1. The van der Waals surface area contributed by atoms with Crippen LogP contribution in [0.25, 0.3) is 6.08 Å². The standard InChI is InChI=1S/C24H20ClN3O5S/c1-13(2)33-23(30)20-14(3)26-24-27(21(20)16-7-9-17(25)10-8-16)22(29)19(34-24)12-15-5-4-6-18(11-15)28(31)32/h4-13,21H,1-3H3. The lowest BCUT2D eigenvalue weighted by Crippen LogP contribution is -2.40. The third-order valence-corrected chi connectivity index (χ3v) is 6.38. The first-order valence-electron chi connectivity index (χ1n) is 10.4. The molecular weight excluding hydrogens is 478 g/mol. The van der Waals surface area contributed by atoms with Crippen molar-refractivity contribution in [3.63, 3.8) is 0 Å². The Morgan fingerprint density at radius 1 is 1.26 bits per heavy atom. The van der Waals surface area contributed by atoms with Gasteiger partial charge in [0, 0.05) is 17.2 Å². The van der Waals surface area contributed by atoms with Gasteiger partial charge in [-0.1, -0.05) is 47.2 Å². The van der Waals surface area contributed by atoms with Gasteiger partial charge in [-0.3, -0.25) is 19.5 Å². The first-order chi connectivity index (χ1) is 16.2. The first-order valence-corrected chi connectivity index (χ1v) is 11.6. The Morgan fingerprint density at radius 3 is 2.62 bits per heavy atom. The number of nitro benzene ring substituents is 1. The molecule has 0 bridgehead atoms. The van der Waals surface area contributed by atoms with E-state index in [0.717, 1.165) is 11.3 Å². The van der Waals surface area contributed by atoms with E-state index in [1.807, 2.05) is 0 Å². The molecule has 1 atom stereocenters. The molecule has 0 spiro atoms. The molecule has 0 aliphatic carbocycles. The highest BCUT2D eigenvalue weighted by Gasteiger charge is 2.33. The number of esters is 1. The molecule has 3 aromatic rings. The van der Waals surface area contributed by atoms with E-state index in [1.165, 1.54) is 16.7 Å². The number of ether oxygens (including phenoxy) is 1. The van der Waals surface area contributed by atoms with E-state index in [9.17, 15) is 19.7 Å². The minimum absolute atomic E-state index is 0.0740. The second kappa shape index (κ2) is 9.36. The van der Waals surface area contributed by atoms with Gasteiger partial charge in [-0.2, -0.15) is 0 Å². The van der Waals surface area contributed by atoms with Crippen LogP contribution < -0.4 is 14.9 Å². The average Bonchev–Trinajstić information content (AvgIpc) is 3.07. The molecule has 0 radical (unpaired) electrons. The number of allylic oxidation sites excluding steroid dienone is 1. The molecule has 0 fully saturated rings. The number of non-ortho nitro benzene ring substituents is 1. The average molecular weight is 498 g/mol. The number of hydrogen-bond donors (Lipinski definition) is 0. The molecule has 0 saturated heterocycles. The van der Waals surface area contributed by atoms with Gasteiger partial charge in [0.05, 0.1) is 32.9 Å². The lowest BCUT2D eigenvalue weighted by molar-refractivity contribution is -0.384. The fourth-order valence-corrected chi connectivity index (χ4v) is 4.87. The maximum absolute atomic E-state index is 13.5. The Labute approximate surface area is 203 Å². The van der Waals surface area contributed by atoms with Crippen molar-refractivity contribution < 1.29 is 14.5 Å². The molecule has 0 N–H and O–H groups in total. The number of nitro groups is 1. The first kappa shape index (κ1) is 23.6. The molecule has 1 aromatic heterocycles. The zero-order valence-corrected chi connectivity index (χ0v) is 20.1. The lowest BCUT2D eigenvalue weighted by atomic mass is 9.96. The van der Waals surface area contributed by atoms with Crippen molar-refractivity contribution in [2.75, 3.05) is 0 Å². The molecule has 2 aromatic carbocycles. The summed E-state index contributed by atoms with van der Waals surface area (Å²) in [6.45, 7) is 5.20. The van der Waals surface area contributed by atoms with Crippen LogP contribution in [-0.4, -0.2) is 21.6 Å². The number of nitrogens with zero attached hydrogens (tertiary/aromatic N) is 3. The van der Waals surface area contributed by atoms with Gasteiger partial charge >= 0.3 is 5.97 Å². The largest absolute Gasteiger partial charge is 0.459 e. The summed E-state index contributed by atoms with van der Waals surface area (Å²) in [5.41, 5.74) is 1.47. The zero-order valence-electron chi connectivity index (χ0n) is 18.5. The number of hydrogen-bond acceptors (Lipinski definition) is 7. The topological polar surface area (TPSA) is 104 Å². The number of aromatic nitrogens is 1. The Balaban J connectivity index is 1.93. The molecule has 34 heavy (non-hydrogen) atoms. The monoisotopic (exact) mass is 497 g/mol. The highest BCUT2D eigenvalue weighted by atomic mass is 35.5. The summed E-state index contributed by atoms with van der Waals surface area (Å²) < 4.78 is 7.26. The molecule has 1 aliphatic heterocycles. The van der Waals surface area contributed by atoms with Crippen molar-refractivity contribution in [1.82, 2.24) is 4.57 Å². The van der Waals surface area contributed by atoms with Crippen LogP contribution >= 0.6 is 22.9 Å². The number of rotatable bonds is 5. The molecule has 10 heteroatoms.